The second kappa shape index (κ2) is 10.3. The van der Waals surface area contributed by atoms with Crippen molar-refractivity contribution in [2.75, 3.05) is 37.7 Å². The van der Waals surface area contributed by atoms with Crippen molar-refractivity contribution in [3.63, 3.8) is 0 Å². The van der Waals surface area contributed by atoms with E-state index in [2.05, 4.69) is 5.32 Å². The third kappa shape index (κ3) is 5.04. The van der Waals surface area contributed by atoms with Crippen LogP contribution < -0.4 is 10.2 Å². The van der Waals surface area contributed by atoms with Crippen molar-refractivity contribution in [1.29, 1.82) is 0 Å². The molecule has 2 aromatic carbocycles. The molecule has 8 nitrogen and oxygen atoms in total. The van der Waals surface area contributed by atoms with Gasteiger partial charge in [0.2, 0.25) is 21.8 Å². The molecule has 2 fully saturated rings. The van der Waals surface area contributed by atoms with E-state index in [1.165, 1.54) is 16.4 Å². The van der Waals surface area contributed by atoms with E-state index in [0.29, 0.717) is 6.54 Å². The SMILES string of the molecule is CCCCNC(=O)CN1CN(c2ccccc2)C2(CCN(S(=O)(=O)c3ccc(F)cc3)CC2)C1=O. The van der Waals surface area contributed by atoms with Gasteiger partial charge in [-0.25, -0.2) is 12.8 Å². The van der Waals surface area contributed by atoms with E-state index in [1.54, 1.807) is 4.90 Å². The van der Waals surface area contributed by atoms with E-state index in [0.717, 1.165) is 30.7 Å². The summed E-state index contributed by atoms with van der Waals surface area (Å²) >= 11 is 0. The standard InChI is InChI=1S/C25H31FN4O4S/c1-2-3-15-27-23(31)18-28-19-30(21-7-5-4-6-8-21)25(24(28)32)13-16-29(17-14-25)35(33,34)22-11-9-20(26)10-12-22/h4-12H,2-3,13-19H2,1H3,(H,27,31). The van der Waals surface area contributed by atoms with E-state index in [1.807, 2.05) is 42.2 Å². The third-order valence-corrected chi connectivity index (χ3v) is 8.68. The minimum absolute atomic E-state index is 0.0258. The van der Waals surface area contributed by atoms with E-state index in [9.17, 15) is 22.4 Å². The smallest absolute Gasteiger partial charge is 0.250 e. The lowest BCUT2D eigenvalue weighted by molar-refractivity contribution is -0.137. The predicted octanol–water partition coefficient (Wildman–Crippen LogP) is 2.57. The minimum Gasteiger partial charge on any atom is -0.355 e. The fourth-order valence-corrected chi connectivity index (χ4v) is 6.25. The number of amides is 2. The van der Waals surface area contributed by atoms with Gasteiger partial charge in [0.1, 0.15) is 17.9 Å². The van der Waals surface area contributed by atoms with Gasteiger partial charge in [0.25, 0.3) is 0 Å². The summed E-state index contributed by atoms with van der Waals surface area (Å²) in [5.41, 5.74) is -0.0792. The van der Waals surface area contributed by atoms with Crippen LogP contribution in [0.5, 0.6) is 0 Å². The average molecular weight is 503 g/mol. The number of piperidine rings is 1. The molecule has 0 aromatic heterocycles. The molecule has 10 heteroatoms. The predicted molar refractivity (Wildman–Crippen MR) is 131 cm³/mol. The molecule has 0 saturated carbocycles. The highest BCUT2D eigenvalue weighted by molar-refractivity contribution is 7.89. The Bertz CT molecular complexity index is 1150. The largest absolute Gasteiger partial charge is 0.355 e. The molecule has 2 aliphatic heterocycles. The summed E-state index contributed by atoms with van der Waals surface area (Å²) in [4.78, 5) is 29.7. The van der Waals surface area contributed by atoms with Crippen LogP contribution in [0.25, 0.3) is 0 Å². The van der Waals surface area contributed by atoms with Crippen molar-refractivity contribution in [2.24, 2.45) is 0 Å². The molecule has 188 valence electrons. The molecule has 4 rings (SSSR count). The Morgan fingerprint density at radius 2 is 1.71 bits per heavy atom. The summed E-state index contributed by atoms with van der Waals surface area (Å²) in [6.45, 7) is 3.12. The number of rotatable bonds is 8. The summed E-state index contributed by atoms with van der Waals surface area (Å²) in [5.74, 6) is -0.866. The van der Waals surface area contributed by atoms with Crippen molar-refractivity contribution in [2.45, 2.75) is 43.0 Å². The van der Waals surface area contributed by atoms with Crippen LogP contribution in [0.3, 0.4) is 0 Å². The van der Waals surface area contributed by atoms with Crippen LogP contribution in [0.15, 0.2) is 59.5 Å². The van der Waals surface area contributed by atoms with Gasteiger partial charge in [0.05, 0.1) is 11.6 Å². The van der Waals surface area contributed by atoms with Crippen LogP contribution in [0.2, 0.25) is 0 Å². The molecule has 2 heterocycles. The van der Waals surface area contributed by atoms with Gasteiger partial charge < -0.3 is 15.1 Å². The molecular formula is C25H31FN4O4S. The lowest BCUT2D eigenvalue weighted by atomic mass is 9.86. The number of hydrogen-bond acceptors (Lipinski definition) is 5. The van der Waals surface area contributed by atoms with E-state index in [4.69, 9.17) is 0 Å². The zero-order chi connectivity index (χ0) is 25.1. The molecule has 2 amide bonds. The van der Waals surface area contributed by atoms with Crippen molar-refractivity contribution < 1.29 is 22.4 Å². The van der Waals surface area contributed by atoms with Crippen LogP contribution in [0.1, 0.15) is 32.6 Å². The number of unbranched alkanes of at least 4 members (excludes halogenated alkanes) is 1. The maximum Gasteiger partial charge on any atom is 0.250 e. The topological polar surface area (TPSA) is 90.0 Å². The number of nitrogens with one attached hydrogen (secondary N) is 1. The number of carbonyl (C=O) groups is 2. The minimum atomic E-state index is -3.81. The molecule has 2 aromatic rings. The zero-order valence-corrected chi connectivity index (χ0v) is 20.6. The van der Waals surface area contributed by atoms with Crippen LogP contribution in [-0.2, 0) is 19.6 Å². The quantitative estimate of drug-likeness (QED) is 0.561. The monoisotopic (exact) mass is 502 g/mol. The first-order chi connectivity index (χ1) is 16.8. The maximum atomic E-state index is 13.7. The van der Waals surface area contributed by atoms with Gasteiger partial charge >= 0.3 is 0 Å². The highest BCUT2D eigenvalue weighted by atomic mass is 32.2. The van der Waals surface area contributed by atoms with Crippen LogP contribution >= 0.6 is 0 Å². The van der Waals surface area contributed by atoms with Crippen molar-refractivity contribution in [3.8, 4) is 0 Å². The molecule has 1 N–H and O–H groups in total. The van der Waals surface area contributed by atoms with Gasteiger partial charge in [-0.3, -0.25) is 9.59 Å². The number of sulfonamides is 1. The second-order valence-electron chi connectivity index (χ2n) is 9.00. The first kappa shape index (κ1) is 25.1. The number of para-hydroxylation sites is 1. The lowest BCUT2D eigenvalue weighted by Crippen LogP contribution is -2.57. The fraction of sp³-hybridized carbons (Fsp3) is 0.440. The van der Waals surface area contributed by atoms with Crippen LogP contribution in [-0.4, -0.2) is 67.8 Å². The van der Waals surface area contributed by atoms with Crippen molar-refractivity contribution in [1.82, 2.24) is 14.5 Å². The molecule has 0 unspecified atom stereocenters. The van der Waals surface area contributed by atoms with Gasteiger partial charge in [-0.15, -0.1) is 0 Å². The second-order valence-corrected chi connectivity index (χ2v) is 10.9. The Morgan fingerprint density at radius 3 is 2.34 bits per heavy atom. The number of benzene rings is 2. The van der Waals surface area contributed by atoms with Crippen molar-refractivity contribution >= 4 is 27.5 Å². The van der Waals surface area contributed by atoms with E-state index >= 15 is 0 Å². The number of hydrogen-bond donors (Lipinski definition) is 1. The summed E-state index contributed by atoms with van der Waals surface area (Å²) < 4.78 is 40.9. The molecule has 2 saturated heterocycles. The Morgan fingerprint density at radius 1 is 1.06 bits per heavy atom. The molecule has 2 aliphatic rings. The summed E-state index contributed by atoms with van der Waals surface area (Å²) in [7, 11) is -3.81. The summed E-state index contributed by atoms with van der Waals surface area (Å²) in [6.07, 6.45) is 2.41. The van der Waals surface area contributed by atoms with Crippen LogP contribution in [0, 0.1) is 5.82 Å². The Labute approximate surface area is 205 Å². The number of carbonyl (C=O) groups excluding carboxylic acids is 2. The average Bonchev–Trinajstić information content (AvgIpc) is 3.11. The first-order valence-electron chi connectivity index (χ1n) is 11.9. The molecule has 0 aliphatic carbocycles. The molecular weight excluding hydrogens is 471 g/mol. The molecule has 35 heavy (non-hydrogen) atoms. The molecule has 1 spiro atoms. The normalized spacial score (nSPS) is 18.3. The Balaban J connectivity index is 1.54. The Hall–Kier alpha value is -2.98. The van der Waals surface area contributed by atoms with Crippen molar-refractivity contribution in [3.05, 3.63) is 60.4 Å². The number of halogens is 1. The highest BCUT2D eigenvalue weighted by Crippen LogP contribution is 2.40. The number of anilines is 1. The zero-order valence-electron chi connectivity index (χ0n) is 19.8. The van der Waals surface area contributed by atoms with Gasteiger partial charge in [-0.05, 0) is 55.7 Å². The summed E-state index contributed by atoms with van der Waals surface area (Å²) in [5, 5.41) is 2.86. The molecule has 0 bridgehead atoms. The summed E-state index contributed by atoms with van der Waals surface area (Å²) in [6, 6.07) is 14.3. The Kier molecular flexibility index (Phi) is 7.42. The van der Waals surface area contributed by atoms with Gasteiger partial charge in [-0.2, -0.15) is 4.31 Å². The maximum absolute atomic E-state index is 13.7. The fourth-order valence-electron chi connectivity index (χ4n) is 4.81. The van der Waals surface area contributed by atoms with Gasteiger partial charge in [0, 0.05) is 25.3 Å². The van der Waals surface area contributed by atoms with E-state index < -0.39 is 21.4 Å². The lowest BCUT2D eigenvalue weighted by Gasteiger charge is -2.42. The van der Waals surface area contributed by atoms with Crippen LogP contribution in [0.4, 0.5) is 10.1 Å². The third-order valence-electron chi connectivity index (χ3n) is 6.77. The molecule has 0 atom stereocenters. The number of nitrogens with zero attached hydrogens (tertiary/aromatic N) is 3. The van der Waals surface area contributed by atoms with Gasteiger partial charge in [0.15, 0.2) is 0 Å². The highest BCUT2D eigenvalue weighted by Gasteiger charge is 2.55. The molecule has 0 radical (unpaired) electrons. The van der Waals surface area contributed by atoms with E-state index in [-0.39, 0.29) is 55.9 Å². The first-order valence-corrected chi connectivity index (χ1v) is 13.4. The van der Waals surface area contributed by atoms with Gasteiger partial charge in [-0.1, -0.05) is 31.5 Å².